The Labute approximate surface area is 102 Å². The van der Waals surface area contributed by atoms with Gasteiger partial charge in [0, 0.05) is 18.2 Å². The van der Waals surface area contributed by atoms with Crippen molar-refractivity contribution in [3.63, 3.8) is 0 Å². The summed E-state index contributed by atoms with van der Waals surface area (Å²) < 4.78 is 16.3. The van der Waals surface area contributed by atoms with E-state index in [1.54, 1.807) is 14.2 Å². The monoisotopic (exact) mass is 237 g/mol. The third-order valence-electron chi connectivity index (χ3n) is 3.11. The summed E-state index contributed by atoms with van der Waals surface area (Å²) in [6.45, 7) is 0.701. The van der Waals surface area contributed by atoms with Crippen LogP contribution >= 0.6 is 0 Å². The third-order valence-corrected chi connectivity index (χ3v) is 3.11. The predicted molar refractivity (Wildman–Crippen MR) is 65.4 cm³/mol. The molecule has 2 atom stereocenters. The number of benzene rings is 1. The van der Waals surface area contributed by atoms with Gasteiger partial charge in [0.1, 0.15) is 11.5 Å². The van der Waals surface area contributed by atoms with Crippen molar-refractivity contribution in [3.8, 4) is 11.5 Å². The first-order valence-electron chi connectivity index (χ1n) is 5.83. The topological polar surface area (TPSA) is 53.7 Å². The van der Waals surface area contributed by atoms with Crippen LogP contribution in [-0.4, -0.2) is 26.9 Å². The summed E-state index contributed by atoms with van der Waals surface area (Å²) in [5, 5.41) is 0. The second kappa shape index (κ2) is 5.38. The van der Waals surface area contributed by atoms with Crippen molar-refractivity contribution >= 4 is 0 Å². The number of methoxy groups -OCH3 is 2. The van der Waals surface area contributed by atoms with E-state index in [1.165, 1.54) is 0 Å². The Morgan fingerprint density at radius 1 is 1.29 bits per heavy atom. The van der Waals surface area contributed by atoms with Gasteiger partial charge in [-0.25, -0.2) is 0 Å². The van der Waals surface area contributed by atoms with Gasteiger partial charge >= 0.3 is 0 Å². The minimum atomic E-state index is 0.00352. The lowest BCUT2D eigenvalue weighted by Crippen LogP contribution is -2.30. The molecule has 2 N–H and O–H groups in total. The Balaban J connectivity index is 2.27. The summed E-state index contributed by atoms with van der Waals surface area (Å²) in [4.78, 5) is 0. The van der Waals surface area contributed by atoms with Gasteiger partial charge in [0.05, 0.1) is 20.3 Å². The zero-order valence-electron chi connectivity index (χ0n) is 10.3. The summed E-state index contributed by atoms with van der Waals surface area (Å²) in [6.07, 6.45) is 1.75. The molecular weight excluding hydrogens is 218 g/mol. The van der Waals surface area contributed by atoms with Crippen molar-refractivity contribution in [2.75, 3.05) is 20.8 Å². The fourth-order valence-electron chi connectivity index (χ4n) is 2.13. The highest BCUT2D eigenvalue weighted by molar-refractivity contribution is 5.42. The van der Waals surface area contributed by atoms with Gasteiger partial charge in [0.15, 0.2) is 0 Å². The molecule has 0 saturated carbocycles. The maximum Gasteiger partial charge on any atom is 0.124 e. The number of rotatable bonds is 3. The van der Waals surface area contributed by atoms with Crippen molar-refractivity contribution in [1.29, 1.82) is 0 Å². The first-order valence-corrected chi connectivity index (χ1v) is 5.83. The molecule has 0 spiro atoms. The average Bonchev–Trinajstić information content (AvgIpc) is 2.38. The summed E-state index contributed by atoms with van der Waals surface area (Å²) in [5.41, 5.74) is 6.99. The van der Waals surface area contributed by atoms with Crippen LogP contribution in [0.3, 0.4) is 0 Å². The minimum absolute atomic E-state index is 0.00352. The van der Waals surface area contributed by atoms with E-state index in [2.05, 4.69) is 0 Å². The van der Waals surface area contributed by atoms with Gasteiger partial charge in [0.25, 0.3) is 0 Å². The molecule has 2 unspecified atom stereocenters. The SMILES string of the molecule is COc1ccc(OC)c(C2CC(N)CCO2)c1. The summed E-state index contributed by atoms with van der Waals surface area (Å²) in [7, 11) is 3.31. The molecule has 4 heteroatoms. The highest BCUT2D eigenvalue weighted by Gasteiger charge is 2.24. The van der Waals surface area contributed by atoms with Gasteiger partial charge in [0.2, 0.25) is 0 Å². The van der Waals surface area contributed by atoms with Crippen LogP contribution < -0.4 is 15.2 Å². The standard InChI is InChI=1S/C13H19NO3/c1-15-10-3-4-12(16-2)11(8-10)13-7-9(14)5-6-17-13/h3-4,8-9,13H,5-7,14H2,1-2H3. The van der Waals surface area contributed by atoms with Crippen LogP contribution in [0, 0.1) is 0 Å². The van der Waals surface area contributed by atoms with Gasteiger partial charge in [-0.15, -0.1) is 0 Å². The van der Waals surface area contributed by atoms with Crippen LogP contribution in [0.4, 0.5) is 0 Å². The molecule has 1 aliphatic heterocycles. The van der Waals surface area contributed by atoms with Gasteiger partial charge in [-0.1, -0.05) is 0 Å². The lowest BCUT2D eigenvalue weighted by Gasteiger charge is -2.28. The number of nitrogens with two attached hydrogens (primary N) is 1. The highest BCUT2D eigenvalue weighted by atomic mass is 16.5. The molecule has 0 bridgehead atoms. The van der Waals surface area contributed by atoms with E-state index in [4.69, 9.17) is 19.9 Å². The molecule has 0 radical (unpaired) electrons. The summed E-state index contributed by atoms with van der Waals surface area (Å²) in [5.74, 6) is 1.63. The number of ether oxygens (including phenoxy) is 3. The summed E-state index contributed by atoms with van der Waals surface area (Å²) >= 11 is 0. The van der Waals surface area contributed by atoms with Gasteiger partial charge in [-0.3, -0.25) is 0 Å². The first-order chi connectivity index (χ1) is 8.24. The van der Waals surface area contributed by atoms with Gasteiger partial charge in [-0.2, -0.15) is 0 Å². The van der Waals surface area contributed by atoms with Crippen LogP contribution in [0.2, 0.25) is 0 Å². The van der Waals surface area contributed by atoms with E-state index < -0.39 is 0 Å². The van der Waals surface area contributed by atoms with Crippen LogP contribution in [0.5, 0.6) is 11.5 Å². The molecule has 1 saturated heterocycles. The zero-order valence-corrected chi connectivity index (χ0v) is 10.3. The van der Waals surface area contributed by atoms with Crippen LogP contribution in [-0.2, 0) is 4.74 Å². The zero-order chi connectivity index (χ0) is 12.3. The predicted octanol–water partition coefficient (Wildman–Crippen LogP) is 1.88. The number of hydrogen-bond donors (Lipinski definition) is 1. The Bertz CT molecular complexity index is 381. The van der Waals surface area contributed by atoms with Gasteiger partial charge in [-0.05, 0) is 31.0 Å². The minimum Gasteiger partial charge on any atom is -0.497 e. The Kier molecular flexibility index (Phi) is 3.86. The smallest absolute Gasteiger partial charge is 0.124 e. The molecule has 17 heavy (non-hydrogen) atoms. The fraction of sp³-hybridized carbons (Fsp3) is 0.538. The van der Waals surface area contributed by atoms with Crippen LogP contribution in [0.1, 0.15) is 24.5 Å². The summed E-state index contributed by atoms with van der Waals surface area (Å²) in [6, 6.07) is 5.94. The first kappa shape index (κ1) is 12.2. The molecule has 0 aliphatic carbocycles. The van der Waals surface area contributed by atoms with Crippen molar-refractivity contribution in [2.24, 2.45) is 5.73 Å². The molecule has 0 amide bonds. The lowest BCUT2D eigenvalue weighted by atomic mass is 9.97. The molecule has 1 aromatic carbocycles. The molecule has 2 rings (SSSR count). The highest BCUT2D eigenvalue weighted by Crippen LogP contribution is 2.35. The van der Waals surface area contributed by atoms with Crippen LogP contribution in [0.25, 0.3) is 0 Å². The second-order valence-corrected chi connectivity index (χ2v) is 4.25. The fourth-order valence-corrected chi connectivity index (χ4v) is 2.13. The average molecular weight is 237 g/mol. The van der Waals surface area contributed by atoms with Crippen LogP contribution in [0.15, 0.2) is 18.2 Å². The van der Waals surface area contributed by atoms with Crippen molar-refractivity contribution in [3.05, 3.63) is 23.8 Å². The van der Waals surface area contributed by atoms with Gasteiger partial charge < -0.3 is 19.9 Å². The quantitative estimate of drug-likeness (QED) is 0.872. The molecule has 1 aromatic rings. The van der Waals surface area contributed by atoms with E-state index >= 15 is 0 Å². The second-order valence-electron chi connectivity index (χ2n) is 4.25. The van der Waals surface area contributed by atoms with E-state index in [-0.39, 0.29) is 12.1 Å². The molecule has 1 heterocycles. The maximum absolute atomic E-state index is 5.97. The molecule has 4 nitrogen and oxygen atoms in total. The Morgan fingerprint density at radius 2 is 2.12 bits per heavy atom. The third kappa shape index (κ3) is 2.70. The lowest BCUT2D eigenvalue weighted by molar-refractivity contribution is 0.00529. The molecule has 1 fully saturated rings. The Hall–Kier alpha value is -1.26. The largest absolute Gasteiger partial charge is 0.497 e. The van der Waals surface area contributed by atoms with E-state index in [9.17, 15) is 0 Å². The number of hydrogen-bond acceptors (Lipinski definition) is 4. The van der Waals surface area contributed by atoms with Crippen molar-refractivity contribution in [2.45, 2.75) is 25.0 Å². The normalized spacial score (nSPS) is 24.4. The maximum atomic E-state index is 5.97. The van der Waals surface area contributed by atoms with E-state index in [0.717, 1.165) is 29.9 Å². The molecule has 94 valence electrons. The molecular formula is C13H19NO3. The molecule has 1 aliphatic rings. The van der Waals surface area contributed by atoms with Crippen molar-refractivity contribution < 1.29 is 14.2 Å². The van der Waals surface area contributed by atoms with E-state index in [0.29, 0.717) is 6.61 Å². The van der Waals surface area contributed by atoms with Crippen molar-refractivity contribution in [1.82, 2.24) is 0 Å². The molecule has 0 aromatic heterocycles. The van der Waals surface area contributed by atoms with E-state index in [1.807, 2.05) is 18.2 Å². The Morgan fingerprint density at radius 3 is 2.76 bits per heavy atom.